The number of fused-ring (bicyclic) bond motifs is 1. The van der Waals surface area contributed by atoms with Gasteiger partial charge in [0.05, 0.1) is 7.11 Å². The smallest absolute Gasteiger partial charge is 0.257 e. The number of methoxy groups -OCH3 is 1. The van der Waals surface area contributed by atoms with Crippen LogP contribution >= 0.6 is 11.6 Å². The molecule has 0 atom stereocenters. The molecule has 36 heavy (non-hydrogen) atoms. The van der Waals surface area contributed by atoms with Gasteiger partial charge in [-0.15, -0.1) is 5.10 Å². The Morgan fingerprint density at radius 1 is 1.08 bits per heavy atom. The number of benzene rings is 2. The van der Waals surface area contributed by atoms with Crippen molar-refractivity contribution in [3.8, 4) is 28.5 Å². The molecule has 0 spiro atoms. The van der Waals surface area contributed by atoms with Gasteiger partial charge in [-0.25, -0.2) is 9.50 Å². The number of halogens is 1. The van der Waals surface area contributed by atoms with E-state index in [-0.39, 0.29) is 29.8 Å². The van der Waals surface area contributed by atoms with Gasteiger partial charge < -0.3 is 20.5 Å². The number of carbonyl (C=O) groups is 1. The number of rotatable bonds is 7. The van der Waals surface area contributed by atoms with Crippen molar-refractivity contribution in [2.75, 3.05) is 12.8 Å². The van der Waals surface area contributed by atoms with Gasteiger partial charge in [0.2, 0.25) is 11.8 Å². The fourth-order valence-electron chi connectivity index (χ4n) is 3.70. The second kappa shape index (κ2) is 9.93. The molecule has 0 saturated heterocycles. The van der Waals surface area contributed by atoms with E-state index in [2.05, 4.69) is 20.4 Å². The zero-order valence-corrected chi connectivity index (χ0v) is 19.9. The molecule has 5 rings (SSSR count). The third-order valence-corrected chi connectivity index (χ3v) is 5.80. The number of hydrogen-bond acceptors (Lipinski definition) is 7. The number of nitrogens with two attached hydrogens (primary N) is 1. The summed E-state index contributed by atoms with van der Waals surface area (Å²) in [5.74, 6) is 1.21. The third-order valence-electron chi connectivity index (χ3n) is 5.45. The number of amides is 1. The van der Waals surface area contributed by atoms with E-state index in [1.807, 2.05) is 42.5 Å². The highest BCUT2D eigenvalue weighted by Crippen LogP contribution is 2.31. The number of nitrogen functional groups attached to an aromatic ring is 1. The molecule has 0 unspecified atom stereocenters. The van der Waals surface area contributed by atoms with Crippen LogP contribution in [0.15, 0.2) is 79.1 Å². The molecule has 2 aromatic carbocycles. The van der Waals surface area contributed by atoms with Crippen molar-refractivity contribution >= 4 is 29.1 Å². The molecule has 1 amide bonds. The summed E-state index contributed by atoms with van der Waals surface area (Å²) in [7, 11) is 1.46. The van der Waals surface area contributed by atoms with Gasteiger partial charge in [0, 0.05) is 35.1 Å². The molecule has 9 nitrogen and oxygen atoms in total. The molecule has 0 bridgehead atoms. The quantitative estimate of drug-likeness (QED) is 0.331. The lowest BCUT2D eigenvalue weighted by molar-refractivity contribution is 0.0947. The Kier molecular flexibility index (Phi) is 6.38. The van der Waals surface area contributed by atoms with Crippen LogP contribution in [0.25, 0.3) is 16.8 Å². The van der Waals surface area contributed by atoms with Crippen molar-refractivity contribution in [3.63, 3.8) is 0 Å². The number of para-hydroxylation sites is 1. The van der Waals surface area contributed by atoms with E-state index in [9.17, 15) is 4.79 Å². The molecule has 5 aromatic rings. The number of carbonyl (C=O) groups excluding carboxylic acids is 1. The van der Waals surface area contributed by atoms with E-state index in [0.29, 0.717) is 33.3 Å². The Morgan fingerprint density at radius 2 is 1.92 bits per heavy atom. The molecular weight excluding hydrogens is 480 g/mol. The van der Waals surface area contributed by atoms with Gasteiger partial charge in [-0.3, -0.25) is 4.79 Å². The van der Waals surface area contributed by atoms with Crippen molar-refractivity contribution in [2.24, 2.45) is 0 Å². The average molecular weight is 501 g/mol. The van der Waals surface area contributed by atoms with Crippen molar-refractivity contribution in [1.29, 1.82) is 0 Å². The van der Waals surface area contributed by atoms with Gasteiger partial charge in [-0.2, -0.15) is 4.98 Å². The predicted molar refractivity (Wildman–Crippen MR) is 136 cm³/mol. The first-order valence-electron chi connectivity index (χ1n) is 11.0. The van der Waals surface area contributed by atoms with E-state index in [0.717, 1.165) is 5.56 Å². The largest absolute Gasteiger partial charge is 0.480 e. The van der Waals surface area contributed by atoms with Crippen LogP contribution in [0, 0.1) is 0 Å². The second-order valence-corrected chi connectivity index (χ2v) is 8.19. The highest BCUT2D eigenvalue weighted by molar-refractivity contribution is 6.31. The number of hydrogen-bond donors (Lipinski definition) is 2. The van der Waals surface area contributed by atoms with Gasteiger partial charge in [0.25, 0.3) is 5.91 Å². The first-order chi connectivity index (χ1) is 17.5. The summed E-state index contributed by atoms with van der Waals surface area (Å²) in [6.07, 6.45) is 3.37. The SMILES string of the molecule is COc1ncc(-c2ccn3nc(N)nc3c2)cc1C(=O)NCc1c(Cl)cccc1Oc1ccccc1. The molecule has 10 heteroatoms. The molecule has 180 valence electrons. The lowest BCUT2D eigenvalue weighted by Crippen LogP contribution is -2.24. The Bertz CT molecular complexity index is 1550. The van der Waals surface area contributed by atoms with Crippen LogP contribution in [0.3, 0.4) is 0 Å². The molecule has 0 aliphatic rings. The third kappa shape index (κ3) is 4.77. The van der Waals surface area contributed by atoms with Gasteiger partial charge >= 0.3 is 0 Å². The molecule has 0 aliphatic carbocycles. The van der Waals surface area contributed by atoms with Crippen LogP contribution in [0.4, 0.5) is 5.95 Å². The lowest BCUT2D eigenvalue weighted by atomic mass is 10.1. The highest BCUT2D eigenvalue weighted by Gasteiger charge is 2.18. The number of pyridine rings is 2. The molecule has 0 radical (unpaired) electrons. The fourth-order valence-corrected chi connectivity index (χ4v) is 3.93. The van der Waals surface area contributed by atoms with Crippen LogP contribution in [0.1, 0.15) is 15.9 Å². The lowest BCUT2D eigenvalue weighted by Gasteiger charge is -2.14. The normalized spacial score (nSPS) is 10.8. The number of anilines is 1. The first-order valence-corrected chi connectivity index (χ1v) is 11.3. The Hall–Kier alpha value is -4.63. The van der Waals surface area contributed by atoms with Crippen LogP contribution in [0.2, 0.25) is 5.02 Å². The van der Waals surface area contributed by atoms with Crippen LogP contribution in [0.5, 0.6) is 17.4 Å². The summed E-state index contributed by atoms with van der Waals surface area (Å²) in [6.45, 7) is 0.138. The molecule has 3 aromatic heterocycles. The summed E-state index contributed by atoms with van der Waals surface area (Å²) < 4.78 is 12.9. The Morgan fingerprint density at radius 3 is 2.72 bits per heavy atom. The molecule has 0 saturated carbocycles. The highest BCUT2D eigenvalue weighted by atomic mass is 35.5. The Balaban J connectivity index is 1.40. The van der Waals surface area contributed by atoms with Gasteiger partial charge in [-0.1, -0.05) is 35.9 Å². The zero-order valence-electron chi connectivity index (χ0n) is 19.2. The fraction of sp³-hybridized carbons (Fsp3) is 0.0769. The van der Waals surface area contributed by atoms with Crippen molar-refractivity contribution in [3.05, 3.63) is 95.3 Å². The van der Waals surface area contributed by atoms with E-state index < -0.39 is 0 Å². The van der Waals surface area contributed by atoms with Gasteiger partial charge in [0.15, 0.2) is 5.65 Å². The summed E-state index contributed by atoms with van der Waals surface area (Å²) in [5, 5.41) is 7.45. The average Bonchev–Trinajstić information content (AvgIpc) is 3.27. The standard InChI is InChI=1S/C26H21ClN6O3/c1-35-25-19(12-17(14-30-25)16-10-11-33-23(13-16)31-26(28)32-33)24(34)29-15-20-21(27)8-5-9-22(20)36-18-6-3-2-4-7-18/h2-14H,15H2,1H3,(H2,28,32)(H,29,34). The number of nitrogens with one attached hydrogen (secondary N) is 1. The van der Waals surface area contributed by atoms with E-state index >= 15 is 0 Å². The van der Waals surface area contributed by atoms with E-state index in [4.69, 9.17) is 26.8 Å². The zero-order chi connectivity index (χ0) is 25.1. The van der Waals surface area contributed by atoms with Gasteiger partial charge in [0.1, 0.15) is 17.1 Å². The van der Waals surface area contributed by atoms with Crippen molar-refractivity contribution < 1.29 is 14.3 Å². The maximum absolute atomic E-state index is 13.2. The monoisotopic (exact) mass is 500 g/mol. The van der Waals surface area contributed by atoms with Crippen LogP contribution in [-0.4, -0.2) is 32.6 Å². The number of ether oxygens (including phenoxy) is 2. The maximum atomic E-state index is 13.2. The van der Waals surface area contributed by atoms with Gasteiger partial charge in [-0.05, 0) is 48.0 Å². The van der Waals surface area contributed by atoms with E-state index in [1.165, 1.54) is 7.11 Å². The molecule has 0 aliphatic heterocycles. The van der Waals surface area contributed by atoms with E-state index in [1.54, 1.807) is 41.2 Å². The molecule has 0 fully saturated rings. The minimum absolute atomic E-state index is 0.138. The van der Waals surface area contributed by atoms with Crippen molar-refractivity contribution in [1.82, 2.24) is 24.9 Å². The van der Waals surface area contributed by atoms with Crippen LogP contribution < -0.4 is 20.5 Å². The minimum Gasteiger partial charge on any atom is -0.480 e. The Labute approximate surface area is 211 Å². The molecule has 3 heterocycles. The summed E-state index contributed by atoms with van der Waals surface area (Å²) in [5.41, 5.74) is 8.68. The maximum Gasteiger partial charge on any atom is 0.257 e. The number of nitrogens with zero attached hydrogens (tertiary/aromatic N) is 4. The summed E-state index contributed by atoms with van der Waals surface area (Å²) in [4.78, 5) is 21.7. The van der Waals surface area contributed by atoms with Crippen molar-refractivity contribution in [2.45, 2.75) is 6.54 Å². The van der Waals surface area contributed by atoms with Crippen LogP contribution in [-0.2, 0) is 6.54 Å². The summed E-state index contributed by atoms with van der Waals surface area (Å²) >= 11 is 6.45. The predicted octanol–water partition coefficient (Wildman–Crippen LogP) is 4.76. The number of aromatic nitrogens is 4. The topological polar surface area (TPSA) is 117 Å². The summed E-state index contributed by atoms with van der Waals surface area (Å²) in [6, 6.07) is 20.0. The molecule has 3 N–H and O–H groups in total. The second-order valence-electron chi connectivity index (χ2n) is 7.78. The molecular formula is C26H21ClN6O3. The minimum atomic E-state index is -0.375. The first kappa shape index (κ1) is 23.1.